The maximum absolute atomic E-state index is 13.4. The molecule has 0 unspecified atom stereocenters. The molecule has 2 fully saturated rings. The zero-order chi connectivity index (χ0) is 11.2. The molecule has 0 aliphatic heterocycles. The van der Waals surface area contributed by atoms with Gasteiger partial charge in [-0.1, -0.05) is 0 Å². The van der Waals surface area contributed by atoms with Crippen LogP contribution in [-0.4, -0.2) is 32.3 Å². The Labute approximate surface area is 86.7 Å². The fourth-order valence-electron chi connectivity index (χ4n) is 2.77. The average Bonchev–Trinajstić information content (AvgIpc) is 2.94. The van der Waals surface area contributed by atoms with Gasteiger partial charge in [-0.2, -0.15) is 0 Å². The molecule has 0 bridgehead atoms. The molecule has 2 aliphatic rings. The fraction of sp³-hybridized carbons (Fsp3) is 0.800. The van der Waals surface area contributed by atoms with Crippen molar-refractivity contribution in [3.63, 3.8) is 0 Å². The molecule has 2 aliphatic carbocycles. The lowest BCUT2D eigenvalue weighted by Gasteiger charge is -2.18. The smallest absolute Gasteiger partial charge is 0.313 e. The van der Waals surface area contributed by atoms with Gasteiger partial charge in [0.25, 0.3) is 0 Å². The number of carbonyl (C=O) groups excluding carboxylic acids is 2. The van der Waals surface area contributed by atoms with Crippen molar-refractivity contribution < 1.29 is 23.5 Å². The summed E-state index contributed by atoms with van der Waals surface area (Å²) in [6.07, 6.45) is -0.610. The van der Waals surface area contributed by atoms with Crippen molar-refractivity contribution in [3.8, 4) is 0 Å². The highest BCUT2D eigenvalue weighted by molar-refractivity contribution is 5.89. The molecule has 84 valence electrons. The largest absolute Gasteiger partial charge is 0.469 e. The maximum Gasteiger partial charge on any atom is 0.313 e. The third-order valence-electron chi connectivity index (χ3n) is 3.63. The molecule has 0 aromatic heterocycles. The van der Waals surface area contributed by atoms with Gasteiger partial charge in [0, 0.05) is 5.92 Å². The zero-order valence-electron chi connectivity index (χ0n) is 8.66. The minimum atomic E-state index is -1.09. The van der Waals surface area contributed by atoms with Crippen molar-refractivity contribution in [3.05, 3.63) is 0 Å². The molecule has 0 N–H and O–H groups in total. The quantitative estimate of drug-likeness (QED) is 0.637. The summed E-state index contributed by atoms with van der Waals surface area (Å²) in [5.41, 5.74) is -0.929. The van der Waals surface area contributed by atoms with Crippen LogP contribution in [0.3, 0.4) is 0 Å². The van der Waals surface area contributed by atoms with Crippen LogP contribution in [0.5, 0.6) is 0 Å². The molecular formula is C10H13FO4. The van der Waals surface area contributed by atoms with E-state index in [2.05, 4.69) is 9.47 Å². The zero-order valence-corrected chi connectivity index (χ0v) is 8.66. The second-order valence-corrected chi connectivity index (χ2v) is 4.17. The lowest BCUT2D eigenvalue weighted by molar-refractivity contribution is -0.158. The van der Waals surface area contributed by atoms with Crippen molar-refractivity contribution in [1.82, 2.24) is 0 Å². The first-order chi connectivity index (χ1) is 7.07. The third-order valence-corrected chi connectivity index (χ3v) is 3.63. The molecule has 15 heavy (non-hydrogen) atoms. The molecular weight excluding hydrogens is 203 g/mol. The Morgan fingerprint density at radius 2 is 2.00 bits per heavy atom. The summed E-state index contributed by atoms with van der Waals surface area (Å²) in [4.78, 5) is 23.0. The lowest BCUT2D eigenvalue weighted by atomic mass is 9.90. The van der Waals surface area contributed by atoms with E-state index in [1.807, 2.05) is 0 Å². The summed E-state index contributed by atoms with van der Waals surface area (Å²) in [6, 6.07) is 0. The number of alkyl halides is 1. The van der Waals surface area contributed by atoms with E-state index < -0.39 is 29.4 Å². The predicted octanol–water partition coefficient (Wildman–Crippen LogP) is 0.697. The molecule has 2 rings (SSSR count). The van der Waals surface area contributed by atoms with E-state index >= 15 is 0 Å². The first-order valence-electron chi connectivity index (χ1n) is 4.88. The summed E-state index contributed by atoms with van der Waals surface area (Å²) >= 11 is 0. The number of rotatable bonds is 2. The summed E-state index contributed by atoms with van der Waals surface area (Å²) in [6.45, 7) is 0. The maximum atomic E-state index is 13.4. The first kappa shape index (κ1) is 10.4. The van der Waals surface area contributed by atoms with Crippen LogP contribution in [0.1, 0.15) is 12.8 Å². The average molecular weight is 216 g/mol. The molecule has 0 spiro atoms. The third kappa shape index (κ3) is 1.18. The number of halogens is 1. The van der Waals surface area contributed by atoms with Crippen LogP contribution in [0.4, 0.5) is 4.39 Å². The van der Waals surface area contributed by atoms with Gasteiger partial charge in [-0.15, -0.1) is 0 Å². The normalized spacial score (nSPS) is 41.9. The number of esters is 2. The van der Waals surface area contributed by atoms with Crippen LogP contribution in [0, 0.1) is 17.3 Å². The van der Waals surface area contributed by atoms with Crippen molar-refractivity contribution in [1.29, 1.82) is 0 Å². The Hall–Kier alpha value is -1.13. The molecule has 0 saturated heterocycles. The van der Waals surface area contributed by atoms with E-state index in [0.29, 0.717) is 6.42 Å². The molecule has 4 nitrogen and oxygen atoms in total. The van der Waals surface area contributed by atoms with Gasteiger partial charge in [-0.3, -0.25) is 9.59 Å². The molecule has 5 heteroatoms. The van der Waals surface area contributed by atoms with E-state index in [-0.39, 0.29) is 12.3 Å². The molecule has 0 amide bonds. The van der Waals surface area contributed by atoms with Crippen LogP contribution < -0.4 is 0 Å². The molecule has 0 aromatic rings. The van der Waals surface area contributed by atoms with Gasteiger partial charge in [-0.05, 0) is 12.8 Å². The standard InChI is InChI=1S/C10H13FO4/c1-14-8(12)5-3-7(11)6-4-10(5,6)9(13)15-2/h5-7H,3-4H2,1-2H3/t5-,6-,7+,10-/m0/s1. The molecule has 0 radical (unpaired) electrons. The van der Waals surface area contributed by atoms with Crippen LogP contribution in [0.25, 0.3) is 0 Å². The lowest BCUT2D eigenvalue weighted by Crippen LogP contribution is -2.31. The van der Waals surface area contributed by atoms with Gasteiger partial charge in [0.2, 0.25) is 0 Å². The van der Waals surface area contributed by atoms with E-state index in [0.717, 1.165) is 0 Å². The Morgan fingerprint density at radius 1 is 1.33 bits per heavy atom. The molecule has 0 heterocycles. The summed E-state index contributed by atoms with van der Waals surface area (Å²) in [5.74, 6) is -2.02. The van der Waals surface area contributed by atoms with Crippen LogP contribution in [0.15, 0.2) is 0 Å². The Balaban J connectivity index is 2.25. The van der Waals surface area contributed by atoms with E-state index in [9.17, 15) is 14.0 Å². The number of fused-ring (bicyclic) bond motifs is 1. The van der Waals surface area contributed by atoms with E-state index in [1.165, 1.54) is 14.2 Å². The Kier molecular flexibility index (Phi) is 2.20. The van der Waals surface area contributed by atoms with Gasteiger partial charge < -0.3 is 9.47 Å². The second kappa shape index (κ2) is 3.18. The van der Waals surface area contributed by atoms with Crippen molar-refractivity contribution in [2.75, 3.05) is 14.2 Å². The summed E-state index contributed by atoms with van der Waals surface area (Å²) in [7, 11) is 2.50. The Morgan fingerprint density at radius 3 is 2.47 bits per heavy atom. The van der Waals surface area contributed by atoms with Gasteiger partial charge in [0.15, 0.2) is 0 Å². The SMILES string of the molecule is COC(=O)[C@@H]1C[C@@H](F)[C@@H]2C[C@]12C(=O)OC. The fourth-order valence-corrected chi connectivity index (χ4v) is 2.77. The number of ether oxygens (including phenoxy) is 2. The summed E-state index contributed by atoms with van der Waals surface area (Å²) in [5, 5.41) is 0. The van der Waals surface area contributed by atoms with E-state index in [1.54, 1.807) is 0 Å². The highest BCUT2D eigenvalue weighted by Crippen LogP contribution is 2.68. The topological polar surface area (TPSA) is 52.6 Å². The van der Waals surface area contributed by atoms with Gasteiger partial charge in [0.05, 0.1) is 25.6 Å². The molecule has 2 saturated carbocycles. The van der Waals surface area contributed by atoms with Crippen molar-refractivity contribution >= 4 is 11.9 Å². The summed E-state index contributed by atoms with van der Waals surface area (Å²) < 4.78 is 22.7. The number of hydrogen-bond acceptors (Lipinski definition) is 4. The predicted molar refractivity (Wildman–Crippen MR) is 47.6 cm³/mol. The van der Waals surface area contributed by atoms with Crippen molar-refractivity contribution in [2.45, 2.75) is 19.0 Å². The second-order valence-electron chi connectivity index (χ2n) is 4.17. The Bertz CT molecular complexity index is 317. The van der Waals surface area contributed by atoms with Gasteiger partial charge >= 0.3 is 11.9 Å². The van der Waals surface area contributed by atoms with Gasteiger partial charge in [-0.25, -0.2) is 4.39 Å². The minimum Gasteiger partial charge on any atom is -0.469 e. The monoisotopic (exact) mass is 216 g/mol. The highest BCUT2D eigenvalue weighted by atomic mass is 19.1. The van der Waals surface area contributed by atoms with Crippen molar-refractivity contribution in [2.24, 2.45) is 17.3 Å². The van der Waals surface area contributed by atoms with Gasteiger partial charge in [0.1, 0.15) is 6.17 Å². The minimum absolute atomic E-state index is 0.0758. The molecule has 0 aromatic carbocycles. The number of methoxy groups -OCH3 is 2. The molecule has 4 atom stereocenters. The number of hydrogen-bond donors (Lipinski definition) is 0. The highest BCUT2D eigenvalue weighted by Gasteiger charge is 2.75. The van der Waals surface area contributed by atoms with Crippen LogP contribution in [-0.2, 0) is 19.1 Å². The van der Waals surface area contributed by atoms with E-state index in [4.69, 9.17) is 0 Å². The number of carbonyl (C=O) groups is 2. The first-order valence-corrected chi connectivity index (χ1v) is 4.88. The van der Waals surface area contributed by atoms with Crippen LogP contribution >= 0.6 is 0 Å². The van der Waals surface area contributed by atoms with Crippen LogP contribution in [0.2, 0.25) is 0 Å².